The van der Waals surface area contributed by atoms with Crippen molar-refractivity contribution in [1.29, 1.82) is 0 Å². The highest BCUT2D eigenvalue weighted by Crippen LogP contribution is 2.35. The highest BCUT2D eigenvalue weighted by atomic mass is 35.5. The largest absolute Gasteiger partial charge is 0.460 e. The minimum Gasteiger partial charge on any atom is -0.460 e. The van der Waals surface area contributed by atoms with Gasteiger partial charge in [-0.25, -0.2) is 9.78 Å². The van der Waals surface area contributed by atoms with Gasteiger partial charge in [-0.15, -0.1) is 11.3 Å². The van der Waals surface area contributed by atoms with Gasteiger partial charge in [-0.3, -0.25) is 0 Å². The van der Waals surface area contributed by atoms with E-state index < -0.39 is 5.97 Å². The molecule has 0 saturated carbocycles. The Morgan fingerprint density at radius 1 is 1.20 bits per heavy atom. The van der Waals surface area contributed by atoms with Crippen molar-refractivity contribution in [2.45, 2.75) is 6.92 Å². The summed E-state index contributed by atoms with van der Waals surface area (Å²) in [7, 11) is 0. The minimum atomic E-state index is -0.572. The van der Waals surface area contributed by atoms with Crippen molar-refractivity contribution >= 4 is 62.9 Å². The highest BCUT2D eigenvalue weighted by molar-refractivity contribution is 7.14. The quantitative estimate of drug-likeness (QED) is 0.424. The Bertz CT molecular complexity index is 926. The van der Waals surface area contributed by atoms with Crippen molar-refractivity contribution in [2.24, 2.45) is 0 Å². The number of nitrogens with zero attached hydrogens (tertiary/aromatic N) is 2. The van der Waals surface area contributed by atoms with Gasteiger partial charge in [0.2, 0.25) is 5.76 Å². The first-order valence-corrected chi connectivity index (χ1v) is 9.00. The number of carbonyl (C=O) groups is 1. The Hall–Kier alpha value is -1.80. The van der Waals surface area contributed by atoms with Gasteiger partial charge < -0.3 is 14.6 Å². The summed E-state index contributed by atoms with van der Waals surface area (Å²) >= 11 is 19.4. The topological polar surface area (TPSA) is 77.2 Å². The molecule has 0 atom stereocenters. The first-order chi connectivity index (χ1) is 12.0. The molecule has 130 valence electrons. The van der Waals surface area contributed by atoms with Crippen molar-refractivity contribution in [3.8, 4) is 11.4 Å². The number of halogens is 3. The first kappa shape index (κ1) is 18.0. The average Bonchev–Trinajstić information content (AvgIpc) is 3.22. The number of aromatic nitrogens is 2. The van der Waals surface area contributed by atoms with Crippen LogP contribution in [0.25, 0.3) is 11.4 Å². The van der Waals surface area contributed by atoms with E-state index >= 15 is 0 Å². The molecule has 0 bridgehead atoms. The number of nitrogens with one attached hydrogen (secondary N) is 1. The lowest BCUT2D eigenvalue weighted by atomic mass is 10.3. The van der Waals surface area contributed by atoms with Crippen LogP contribution in [0.3, 0.4) is 0 Å². The Kier molecular flexibility index (Phi) is 5.48. The molecular formula is C15H10Cl3N3O3S. The van der Waals surface area contributed by atoms with E-state index in [1.165, 1.54) is 17.4 Å². The summed E-state index contributed by atoms with van der Waals surface area (Å²) < 4.78 is 9.83. The van der Waals surface area contributed by atoms with Gasteiger partial charge in [-0.05, 0) is 19.1 Å². The van der Waals surface area contributed by atoms with Crippen molar-refractivity contribution in [1.82, 2.24) is 10.1 Å². The summed E-state index contributed by atoms with van der Waals surface area (Å²) in [5.74, 6) is -0.552. The van der Waals surface area contributed by atoms with Gasteiger partial charge in [0.15, 0.2) is 5.13 Å². The molecule has 0 amide bonds. The van der Waals surface area contributed by atoms with Gasteiger partial charge in [0.25, 0.3) is 0 Å². The molecule has 10 heteroatoms. The van der Waals surface area contributed by atoms with E-state index in [0.717, 1.165) is 0 Å². The van der Waals surface area contributed by atoms with Gasteiger partial charge in [0.05, 0.1) is 27.4 Å². The van der Waals surface area contributed by atoms with Crippen molar-refractivity contribution in [3.05, 3.63) is 44.4 Å². The third-order valence-electron chi connectivity index (χ3n) is 3.00. The number of benzene rings is 1. The smallest absolute Gasteiger partial charge is 0.377 e. The third-order valence-corrected chi connectivity index (χ3v) is 4.80. The van der Waals surface area contributed by atoms with Gasteiger partial charge in [0.1, 0.15) is 11.4 Å². The van der Waals surface area contributed by atoms with Gasteiger partial charge in [-0.1, -0.05) is 40.0 Å². The molecule has 0 spiro atoms. The van der Waals surface area contributed by atoms with Crippen molar-refractivity contribution < 1.29 is 14.1 Å². The lowest BCUT2D eigenvalue weighted by Crippen LogP contribution is -2.02. The Labute approximate surface area is 161 Å². The summed E-state index contributed by atoms with van der Waals surface area (Å²) in [6.07, 6.45) is 0. The molecule has 2 aromatic heterocycles. The molecule has 0 radical (unpaired) electrons. The summed E-state index contributed by atoms with van der Waals surface area (Å²) in [4.78, 5) is 16.0. The molecule has 3 aromatic rings. The predicted octanol–water partition coefficient (Wildman–Crippen LogP) is 5.68. The van der Waals surface area contributed by atoms with Gasteiger partial charge in [0, 0.05) is 11.4 Å². The lowest BCUT2D eigenvalue weighted by molar-refractivity contribution is 0.0480. The number of esters is 1. The van der Waals surface area contributed by atoms with Crippen LogP contribution in [0.1, 0.15) is 17.5 Å². The van der Waals surface area contributed by atoms with Crippen LogP contribution >= 0.6 is 46.1 Å². The van der Waals surface area contributed by atoms with E-state index in [1.54, 1.807) is 24.4 Å². The molecule has 1 N–H and O–H groups in total. The molecule has 0 saturated heterocycles. The van der Waals surface area contributed by atoms with Crippen LogP contribution in [0.5, 0.6) is 0 Å². The number of anilines is 2. The first-order valence-electron chi connectivity index (χ1n) is 6.99. The fourth-order valence-electron chi connectivity index (χ4n) is 1.88. The zero-order chi connectivity index (χ0) is 18.0. The van der Waals surface area contributed by atoms with E-state index in [0.29, 0.717) is 37.3 Å². The lowest BCUT2D eigenvalue weighted by Gasteiger charge is -2.06. The maximum absolute atomic E-state index is 11.6. The fraction of sp³-hybridized carbons (Fsp3) is 0.133. The molecule has 0 fully saturated rings. The Balaban J connectivity index is 1.79. The molecule has 0 aliphatic heterocycles. The van der Waals surface area contributed by atoms with Crippen LogP contribution in [0.15, 0.2) is 28.1 Å². The standard InChI is InChI=1S/C15H10Cl3N3O3S/c1-2-23-14(22)13-5-11(21-24-13)12-6-25-15(20-12)19-10-4-8(17)7(16)3-9(10)18/h3-6H,2H2,1H3,(H,19,20). The van der Waals surface area contributed by atoms with Crippen LogP contribution in [-0.4, -0.2) is 22.7 Å². The van der Waals surface area contributed by atoms with E-state index in [2.05, 4.69) is 15.5 Å². The molecule has 1 aromatic carbocycles. The highest BCUT2D eigenvalue weighted by Gasteiger charge is 2.17. The monoisotopic (exact) mass is 417 g/mol. The molecule has 0 aliphatic carbocycles. The molecule has 0 aliphatic rings. The number of hydrogen-bond donors (Lipinski definition) is 1. The number of rotatable bonds is 5. The van der Waals surface area contributed by atoms with E-state index in [9.17, 15) is 4.79 Å². The number of hydrogen-bond acceptors (Lipinski definition) is 7. The number of ether oxygens (including phenoxy) is 1. The second kappa shape index (κ2) is 7.61. The third kappa shape index (κ3) is 4.07. The molecule has 6 nitrogen and oxygen atoms in total. The van der Waals surface area contributed by atoms with E-state index in [-0.39, 0.29) is 12.4 Å². The Morgan fingerprint density at radius 2 is 1.96 bits per heavy atom. The summed E-state index contributed by atoms with van der Waals surface area (Å²) in [5.41, 5.74) is 1.54. The van der Waals surface area contributed by atoms with Crippen LogP contribution < -0.4 is 5.32 Å². The van der Waals surface area contributed by atoms with Gasteiger partial charge in [-0.2, -0.15) is 0 Å². The van der Waals surface area contributed by atoms with Crippen LogP contribution in [0.2, 0.25) is 15.1 Å². The number of thiazole rings is 1. The predicted molar refractivity (Wildman–Crippen MR) is 98.3 cm³/mol. The second-order valence-corrected chi connectivity index (χ2v) is 6.79. The molecule has 3 rings (SSSR count). The van der Waals surface area contributed by atoms with Crippen LogP contribution in [0.4, 0.5) is 10.8 Å². The molecular weight excluding hydrogens is 409 g/mol. The molecule has 2 heterocycles. The van der Waals surface area contributed by atoms with E-state index in [1.807, 2.05) is 0 Å². The van der Waals surface area contributed by atoms with Crippen LogP contribution in [-0.2, 0) is 4.74 Å². The van der Waals surface area contributed by atoms with Crippen molar-refractivity contribution in [3.63, 3.8) is 0 Å². The van der Waals surface area contributed by atoms with Gasteiger partial charge >= 0.3 is 5.97 Å². The maximum Gasteiger partial charge on any atom is 0.377 e. The SMILES string of the molecule is CCOC(=O)c1cc(-c2csc(Nc3cc(Cl)c(Cl)cc3Cl)n2)no1. The Morgan fingerprint density at radius 3 is 2.72 bits per heavy atom. The second-order valence-electron chi connectivity index (χ2n) is 4.71. The minimum absolute atomic E-state index is 0.0203. The average molecular weight is 419 g/mol. The number of carbonyl (C=O) groups excluding carboxylic acids is 1. The zero-order valence-corrected chi connectivity index (χ0v) is 15.8. The zero-order valence-electron chi connectivity index (χ0n) is 12.7. The molecule has 0 unspecified atom stereocenters. The fourth-order valence-corrected chi connectivity index (χ4v) is 3.19. The normalized spacial score (nSPS) is 10.7. The maximum atomic E-state index is 11.6. The van der Waals surface area contributed by atoms with Crippen molar-refractivity contribution in [2.75, 3.05) is 11.9 Å². The summed E-state index contributed by atoms with van der Waals surface area (Å²) in [6.45, 7) is 1.96. The van der Waals surface area contributed by atoms with Crippen LogP contribution in [0, 0.1) is 0 Å². The van der Waals surface area contributed by atoms with E-state index in [4.69, 9.17) is 44.1 Å². The summed E-state index contributed by atoms with van der Waals surface area (Å²) in [5, 5.41) is 10.4. The molecule has 25 heavy (non-hydrogen) atoms. The summed E-state index contributed by atoms with van der Waals surface area (Å²) in [6, 6.07) is 4.64.